The van der Waals surface area contributed by atoms with Crippen LogP contribution in [0, 0.1) is 0 Å². The van der Waals surface area contributed by atoms with Gasteiger partial charge in [-0.25, -0.2) is 14.6 Å². The molecule has 3 aromatic rings. The minimum absolute atomic E-state index is 0.530. The number of para-hydroxylation sites is 2. The lowest BCUT2D eigenvalue weighted by atomic mass is 9.96. The van der Waals surface area contributed by atoms with E-state index in [1.54, 1.807) is 6.33 Å². The van der Waals surface area contributed by atoms with Crippen LogP contribution in [0.4, 0.5) is 0 Å². The van der Waals surface area contributed by atoms with Gasteiger partial charge in [-0.3, -0.25) is 4.90 Å². The molecule has 1 saturated heterocycles. The van der Waals surface area contributed by atoms with E-state index >= 15 is 0 Å². The number of rotatable bonds is 4. The Hall–Kier alpha value is -2.21. The minimum atomic E-state index is 0.530. The molecule has 6 nitrogen and oxygen atoms in total. The molecule has 0 saturated carbocycles. The molecular weight excluding hydrogens is 288 g/mol. The Labute approximate surface area is 135 Å². The Balaban J connectivity index is 1.40. The number of imidazole rings is 1. The molecular formula is C17H22N6. The summed E-state index contributed by atoms with van der Waals surface area (Å²) in [5.41, 5.74) is 2.21. The normalized spacial score (nSPS) is 17.1. The quantitative estimate of drug-likeness (QED) is 0.804. The molecule has 0 radical (unpaired) electrons. The molecule has 2 aromatic heterocycles. The molecule has 0 unspecified atom stereocenters. The van der Waals surface area contributed by atoms with Crippen molar-refractivity contribution in [1.82, 2.24) is 29.6 Å². The number of aromatic nitrogens is 5. The van der Waals surface area contributed by atoms with Crippen LogP contribution in [0.25, 0.3) is 11.0 Å². The standard InChI is InChI=1S/C17H22N6/c1-2-23-16(18-12-19-23)11-22-9-7-13(8-10-22)17-20-14-5-3-4-6-15(14)21-17/h3-6,12-13H,2,7-11H2,1H3,(H,20,21). The van der Waals surface area contributed by atoms with E-state index in [2.05, 4.69) is 45.1 Å². The van der Waals surface area contributed by atoms with Crippen molar-refractivity contribution in [3.05, 3.63) is 42.2 Å². The molecule has 6 heteroatoms. The minimum Gasteiger partial charge on any atom is -0.342 e. The van der Waals surface area contributed by atoms with Crippen LogP contribution in [0.15, 0.2) is 30.6 Å². The van der Waals surface area contributed by atoms with Gasteiger partial charge in [0.05, 0.1) is 17.6 Å². The maximum absolute atomic E-state index is 4.76. The molecule has 0 aliphatic carbocycles. The van der Waals surface area contributed by atoms with Crippen molar-refractivity contribution in [2.75, 3.05) is 13.1 Å². The van der Waals surface area contributed by atoms with Crippen molar-refractivity contribution in [2.24, 2.45) is 0 Å². The van der Waals surface area contributed by atoms with Crippen LogP contribution >= 0.6 is 0 Å². The van der Waals surface area contributed by atoms with Gasteiger partial charge < -0.3 is 4.98 Å². The molecule has 120 valence electrons. The molecule has 0 amide bonds. The van der Waals surface area contributed by atoms with E-state index in [1.165, 1.54) is 0 Å². The summed E-state index contributed by atoms with van der Waals surface area (Å²) in [6.07, 6.45) is 3.93. The van der Waals surface area contributed by atoms with Gasteiger partial charge in [-0.2, -0.15) is 5.10 Å². The van der Waals surface area contributed by atoms with Crippen molar-refractivity contribution >= 4 is 11.0 Å². The first-order chi connectivity index (χ1) is 11.3. The van der Waals surface area contributed by atoms with E-state index in [9.17, 15) is 0 Å². The molecule has 4 rings (SSSR count). The van der Waals surface area contributed by atoms with Crippen molar-refractivity contribution in [1.29, 1.82) is 0 Å². The predicted octanol–water partition coefficient (Wildman–Crippen LogP) is 2.55. The fourth-order valence-electron chi connectivity index (χ4n) is 3.41. The van der Waals surface area contributed by atoms with Crippen LogP contribution in [0.2, 0.25) is 0 Å². The van der Waals surface area contributed by atoms with E-state index in [-0.39, 0.29) is 0 Å². The predicted molar refractivity (Wildman–Crippen MR) is 89.0 cm³/mol. The number of H-pyrrole nitrogens is 1. The van der Waals surface area contributed by atoms with Gasteiger partial charge in [0.1, 0.15) is 18.0 Å². The molecule has 1 fully saturated rings. The van der Waals surface area contributed by atoms with E-state index in [1.807, 2.05) is 10.7 Å². The number of nitrogens with zero attached hydrogens (tertiary/aromatic N) is 5. The molecule has 1 aromatic carbocycles. The first kappa shape index (κ1) is 14.4. The number of aromatic amines is 1. The van der Waals surface area contributed by atoms with Crippen LogP contribution in [0.3, 0.4) is 0 Å². The molecule has 0 bridgehead atoms. The van der Waals surface area contributed by atoms with Crippen molar-refractivity contribution in [2.45, 2.75) is 38.8 Å². The fraction of sp³-hybridized carbons (Fsp3) is 0.471. The highest BCUT2D eigenvalue weighted by molar-refractivity contribution is 5.74. The lowest BCUT2D eigenvalue weighted by molar-refractivity contribution is 0.195. The zero-order valence-electron chi connectivity index (χ0n) is 13.4. The number of aryl methyl sites for hydroxylation is 1. The number of hydrogen-bond donors (Lipinski definition) is 1. The number of benzene rings is 1. The number of hydrogen-bond acceptors (Lipinski definition) is 4. The van der Waals surface area contributed by atoms with Gasteiger partial charge in [0.15, 0.2) is 0 Å². The van der Waals surface area contributed by atoms with E-state index in [0.29, 0.717) is 5.92 Å². The monoisotopic (exact) mass is 310 g/mol. The first-order valence-electron chi connectivity index (χ1n) is 8.37. The summed E-state index contributed by atoms with van der Waals surface area (Å²) >= 11 is 0. The maximum atomic E-state index is 4.76. The van der Waals surface area contributed by atoms with Gasteiger partial charge in [-0.1, -0.05) is 12.1 Å². The fourth-order valence-corrected chi connectivity index (χ4v) is 3.41. The third kappa shape index (κ3) is 2.86. The number of fused-ring (bicyclic) bond motifs is 1. The summed E-state index contributed by atoms with van der Waals surface area (Å²) < 4.78 is 1.98. The van der Waals surface area contributed by atoms with Gasteiger partial charge in [0, 0.05) is 12.5 Å². The molecule has 1 aliphatic rings. The third-order valence-corrected chi connectivity index (χ3v) is 4.74. The Morgan fingerprint density at radius 2 is 2.04 bits per heavy atom. The molecule has 23 heavy (non-hydrogen) atoms. The lowest BCUT2D eigenvalue weighted by Crippen LogP contribution is -2.33. The summed E-state index contributed by atoms with van der Waals surface area (Å²) in [5, 5.41) is 4.25. The molecule has 0 atom stereocenters. The molecule has 1 aliphatic heterocycles. The zero-order valence-corrected chi connectivity index (χ0v) is 13.4. The van der Waals surface area contributed by atoms with E-state index in [0.717, 1.165) is 61.7 Å². The SMILES string of the molecule is CCn1ncnc1CN1CCC(c2nc3ccccc3[nH]2)CC1. The van der Waals surface area contributed by atoms with Gasteiger partial charge >= 0.3 is 0 Å². The van der Waals surface area contributed by atoms with Gasteiger partial charge in [0.25, 0.3) is 0 Å². The van der Waals surface area contributed by atoms with Crippen molar-refractivity contribution in [3.63, 3.8) is 0 Å². The third-order valence-electron chi connectivity index (χ3n) is 4.74. The van der Waals surface area contributed by atoms with Crippen LogP contribution in [0.5, 0.6) is 0 Å². The lowest BCUT2D eigenvalue weighted by Gasteiger charge is -2.30. The number of likely N-dealkylation sites (tertiary alicyclic amines) is 1. The first-order valence-corrected chi connectivity index (χ1v) is 8.37. The second-order valence-corrected chi connectivity index (χ2v) is 6.18. The van der Waals surface area contributed by atoms with E-state index in [4.69, 9.17) is 4.98 Å². The largest absolute Gasteiger partial charge is 0.342 e. The second-order valence-electron chi connectivity index (χ2n) is 6.18. The maximum Gasteiger partial charge on any atom is 0.140 e. The Morgan fingerprint density at radius 1 is 1.22 bits per heavy atom. The summed E-state index contributed by atoms with van der Waals surface area (Å²) in [6.45, 7) is 6.04. The summed E-state index contributed by atoms with van der Waals surface area (Å²) in [4.78, 5) is 15.1. The average Bonchev–Trinajstić information content (AvgIpc) is 3.21. The van der Waals surface area contributed by atoms with Gasteiger partial charge in [-0.05, 0) is 45.0 Å². The Morgan fingerprint density at radius 3 is 2.83 bits per heavy atom. The summed E-state index contributed by atoms with van der Waals surface area (Å²) in [6, 6.07) is 8.26. The summed E-state index contributed by atoms with van der Waals surface area (Å²) in [5.74, 6) is 2.74. The smallest absolute Gasteiger partial charge is 0.140 e. The zero-order chi connectivity index (χ0) is 15.6. The highest BCUT2D eigenvalue weighted by Gasteiger charge is 2.23. The van der Waals surface area contributed by atoms with Crippen molar-refractivity contribution in [3.8, 4) is 0 Å². The van der Waals surface area contributed by atoms with Crippen molar-refractivity contribution < 1.29 is 0 Å². The Bertz CT molecular complexity index is 748. The van der Waals surface area contributed by atoms with Crippen LogP contribution < -0.4 is 0 Å². The van der Waals surface area contributed by atoms with Gasteiger partial charge in [0.2, 0.25) is 0 Å². The topological polar surface area (TPSA) is 62.6 Å². The summed E-state index contributed by atoms with van der Waals surface area (Å²) in [7, 11) is 0. The number of piperidine rings is 1. The highest BCUT2D eigenvalue weighted by atomic mass is 15.3. The molecule has 3 heterocycles. The van der Waals surface area contributed by atoms with E-state index < -0.39 is 0 Å². The van der Waals surface area contributed by atoms with Crippen LogP contribution in [-0.4, -0.2) is 42.7 Å². The Kier molecular flexibility index (Phi) is 3.83. The average molecular weight is 310 g/mol. The van der Waals surface area contributed by atoms with Crippen LogP contribution in [0.1, 0.15) is 37.3 Å². The highest BCUT2D eigenvalue weighted by Crippen LogP contribution is 2.28. The van der Waals surface area contributed by atoms with Gasteiger partial charge in [-0.15, -0.1) is 0 Å². The second kappa shape index (κ2) is 6.12. The molecule has 1 N–H and O–H groups in total. The van der Waals surface area contributed by atoms with Crippen LogP contribution in [-0.2, 0) is 13.1 Å². The molecule has 0 spiro atoms. The number of nitrogens with one attached hydrogen (secondary N) is 1.